The molecule has 1 heterocycles. The number of carbonyl (C=O) groups excluding carboxylic acids is 1. The second kappa shape index (κ2) is 6.59. The van der Waals surface area contributed by atoms with E-state index in [0.29, 0.717) is 6.79 Å². The topological polar surface area (TPSA) is 35.5 Å². The number of carbonyl (C=O) groups is 1. The van der Waals surface area contributed by atoms with Crippen LogP contribution in [0.1, 0.15) is 6.42 Å². The van der Waals surface area contributed by atoms with Crippen molar-refractivity contribution in [3.8, 4) is 0 Å². The van der Waals surface area contributed by atoms with Crippen LogP contribution in [0.15, 0.2) is 0 Å². The highest BCUT2D eigenvalue weighted by Crippen LogP contribution is 1.91. The molecule has 0 spiro atoms. The van der Waals surface area contributed by atoms with E-state index in [1.165, 1.54) is 0 Å². The zero-order valence-electron chi connectivity index (χ0n) is 4.76. The molecule has 1 fully saturated rings. The van der Waals surface area contributed by atoms with Gasteiger partial charge < -0.3 is 14.3 Å². The molecular weight excluding hydrogens is 108 g/mol. The molecule has 0 N–H and O–H groups in total. The smallest absolute Gasteiger partial charge is 0.146 e. The molecule has 1 aliphatic rings. The molecule has 0 bridgehead atoms. The molecule has 3 heteroatoms. The molecule has 0 amide bonds. The second-order valence-corrected chi connectivity index (χ2v) is 1.29. The van der Waals surface area contributed by atoms with E-state index in [0.717, 1.165) is 19.6 Å². The Balaban J connectivity index is 0.000000222. The Bertz CT molecular complexity index is 31.4. The first-order valence-corrected chi connectivity index (χ1v) is 2.44. The summed E-state index contributed by atoms with van der Waals surface area (Å²) in [5.41, 5.74) is 0. The Morgan fingerprint density at radius 3 is 1.75 bits per heavy atom. The lowest BCUT2D eigenvalue weighted by Gasteiger charge is -2.09. The summed E-state index contributed by atoms with van der Waals surface area (Å²) >= 11 is 0. The lowest BCUT2D eigenvalue weighted by molar-refractivity contribution is -0.0980. The van der Waals surface area contributed by atoms with E-state index in [-0.39, 0.29) is 0 Å². The normalized spacial score (nSPS) is 18.5. The maximum absolute atomic E-state index is 8.00. The summed E-state index contributed by atoms with van der Waals surface area (Å²) in [6, 6.07) is 0. The van der Waals surface area contributed by atoms with Crippen LogP contribution in [0.2, 0.25) is 0 Å². The van der Waals surface area contributed by atoms with Crippen molar-refractivity contribution in [3.05, 3.63) is 0 Å². The molecule has 0 aromatic rings. The third-order valence-corrected chi connectivity index (χ3v) is 0.744. The average Bonchev–Trinajstić information content (AvgIpc) is 1.96. The third kappa shape index (κ3) is 3.77. The van der Waals surface area contributed by atoms with E-state index in [2.05, 4.69) is 0 Å². The lowest BCUT2D eigenvalue weighted by Crippen LogP contribution is -2.11. The van der Waals surface area contributed by atoms with Gasteiger partial charge in [0.1, 0.15) is 13.6 Å². The van der Waals surface area contributed by atoms with Crippen molar-refractivity contribution in [3.63, 3.8) is 0 Å². The van der Waals surface area contributed by atoms with Crippen LogP contribution in [0.3, 0.4) is 0 Å². The molecule has 0 saturated carbocycles. The Morgan fingerprint density at radius 2 is 1.62 bits per heavy atom. The second-order valence-electron chi connectivity index (χ2n) is 1.29. The minimum absolute atomic E-state index is 0.500. The van der Waals surface area contributed by atoms with Crippen LogP contribution in [0.4, 0.5) is 0 Å². The predicted molar refractivity (Wildman–Crippen MR) is 28.5 cm³/mol. The molecular formula is C5H10O3. The van der Waals surface area contributed by atoms with Crippen molar-refractivity contribution < 1.29 is 14.3 Å². The summed E-state index contributed by atoms with van der Waals surface area (Å²) in [5, 5.41) is 0. The van der Waals surface area contributed by atoms with Crippen molar-refractivity contribution in [2.75, 3.05) is 20.0 Å². The summed E-state index contributed by atoms with van der Waals surface area (Å²) in [7, 11) is 0. The molecule has 0 aromatic carbocycles. The summed E-state index contributed by atoms with van der Waals surface area (Å²) in [6.45, 7) is 4.25. The average molecular weight is 118 g/mol. The van der Waals surface area contributed by atoms with Gasteiger partial charge in [-0.2, -0.15) is 0 Å². The van der Waals surface area contributed by atoms with Crippen molar-refractivity contribution >= 4 is 6.79 Å². The number of rotatable bonds is 0. The largest absolute Gasteiger partial charge is 0.355 e. The number of hydrogen-bond acceptors (Lipinski definition) is 3. The summed E-state index contributed by atoms with van der Waals surface area (Å²) in [4.78, 5) is 8.00. The minimum Gasteiger partial charge on any atom is -0.355 e. The summed E-state index contributed by atoms with van der Waals surface area (Å²) in [5.74, 6) is 0. The summed E-state index contributed by atoms with van der Waals surface area (Å²) in [6.07, 6.45) is 1.06. The van der Waals surface area contributed by atoms with Gasteiger partial charge in [-0.05, 0) is 6.42 Å². The van der Waals surface area contributed by atoms with Gasteiger partial charge in [-0.1, -0.05) is 0 Å². The van der Waals surface area contributed by atoms with Gasteiger partial charge in [0.2, 0.25) is 0 Å². The Kier molecular flexibility index (Phi) is 6.25. The fourth-order valence-corrected chi connectivity index (χ4v) is 0.440. The van der Waals surface area contributed by atoms with E-state index in [1.807, 2.05) is 6.79 Å². The van der Waals surface area contributed by atoms with Gasteiger partial charge >= 0.3 is 0 Å². The number of ether oxygens (including phenoxy) is 2. The van der Waals surface area contributed by atoms with Gasteiger partial charge in [-0.25, -0.2) is 0 Å². The van der Waals surface area contributed by atoms with Gasteiger partial charge in [-0.15, -0.1) is 0 Å². The van der Waals surface area contributed by atoms with E-state index in [4.69, 9.17) is 14.3 Å². The first-order chi connectivity index (χ1) is 4.00. The highest BCUT2D eigenvalue weighted by molar-refractivity contribution is 5.10. The highest BCUT2D eigenvalue weighted by atomic mass is 16.7. The monoisotopic (exact) mass is 118 g/mol. The summed E-state index contributed by atoms with van der Waals surface area (Å²) < 4.78 is 9.69. The Hall–Kier alpha value is -0.410. The van der Waals surface area contributed by atoms with Crippen molar-refractivity contribution in [1.29, 1.82) is 0 Å². The zero-order chi connectivity index (χ0) is 6.24. The quantitative estimate of drug-likeness (QED) is 0.455. The molecule has 8 heavy (non-hydrogen) atoms. The van der Waals surface area contributed by atoms with Gasteiger partial charge in [-0.3, -0.25) is 0 Å². The Morgan fingerprint density at radius 1 is 1.12 bits per heavy atom. The predicted octanol–water partition coefficient (Wildman–Crippen LogP) is 0.196. The number of hydrogen-bond donors (Lipinski definition) is 0. The molecule has 0 aromatic heterocycles. The van der Waals surface area contributed by atoms with Gasteiger partial charge in [0.15, 0.2) is 0 Å². The standard InChI is InChI=1S/C4H8O2.CH2O/c1-2-5-4-6-3-1;1-2/h1-4H2;1H2. The molecule has 0 radical (unpaired) electrons. The van der Waals surface area contributed by atoms with Gasteiger partial charge in [0, 0.05) is 0 Å². The fourth-order valence-electron chi connectivity index (χ4n) is 0.440. The van der Waals surface area contributed by atoms with Crippen LogP contribution < -0.4 is 0 Å². The SMILES string of the molecule is C1COCOC1.C=O. The fraction of sp³-hybridized carbons (Fsp3) is 0.800. The van der Waals surface area contributed by atoms with Crippen LogP contribution in [0.5, 0.6) is 0 Å². The van der Waals surface area contributed by atoms with Gasteiger partial charge in [0.05, 0.1) is 13.2 Å². The van der Waals surface area contributed by atoms with Crippen molar-refractivity contribution in [1.82, 2.24) is 0 Å². The third-order valence-electron chi connectivity index (χ3n) is 0.744. The van der Waals surface area contributed by atoms with Crippen LogP contribution >= 0.6 is 0 Å². The molecule has 1 aliphatic heterocycles. The van der Waals surface area contributed by atoms with Crippen LogP contribution in [-0.2, 0) is 14.3 Å². The van der Waals surface area contributed by atoms with E-state index in [9.17, 15) is 0 Å². The lowest BCUT2D eigenvalue weighted by atomic mass is 10.5. The Labute approximate surface area is 48.6 Å². The van der Waals surface area contributed by atoms with Crippen LogP contribution in [0, 0.1) is 0 Å². The maximum atomic E-state index is 8.00. The highest BCUT2D eigenvalue weighted by Gasteiger charge is 1.94. The first-order valence-electron chi connectivity index (χ1n) is 2.44. The molecule has 0 atom stereocenters. The van der Waals surface area contributed by atoms with Crippen molar-refractivity contribution in [2.45, 2.75) is 6.42 Å². The van der Waals surface area contributed by atoms with Crippen molar-refractivity contribution in [2.24, 2.45) is 0 Å². The van der Waals surface area contributed by atoms with E-state index < -0.39 is 0 Å². The molecule has 1 rings (SSSR count). The zero-order valence-corrected chi connectivity index (χ0v) is 4.76. The maximum Gasteiger partial charge on any atom is 0.146 e. The molecule has 0 unspecified atom stereocenters. The minimum atomic E-state index is 0.500. The molecule has 0 aliphatic carbocycles. The molecule has 3 nitrogen and oxygen atoms in total. The first kappa shape index (κ1) is 7.59. The van der Waals surface area contributed by atoms with E-state index in [1.54, 1.807) is 0 Å². The van der Waals surface area contributed by atoms with Crippen LogP contribution in [-0.4, -0.2) is 26.8 Å². The van der Waals surface area contributed by atoms with Crippen LogP contribution in [0.25, 0.3) is 0 Å². The molecule has 1 saturated heterocycles. The van der Waals surface area contributed by atoms with E-state index >= 15 is 0 Å². The van der Waals surface area contributed by atoms with Gasteiger partial charge in [0.25, 0.3) is 0 Å². The molecule has 48 valence electrons.